The normalized spacial score (nSPS) is 24.2. The van der Waals surface area contributed by atoms with E-state index in [1.807, 2.05) is 12.1 Å². The lowest BCUT2D eigenvalue weighted by Crippen LogP contribution is -2.32. The SMILES string of the molecule is Oc1ccc2c(c1)CCCC(C1=CCC3(CC1)OCCO3)=C2c1ccc(O[C@H]2CCC(CCCCCF)C2)cc1. The Morgan fingerprint density at radius 2 is 1.80 bits per heavy atom. The third kappa shape index (κ3) is 6.16. The number of halogens is 1. The van der Waals surface area contributed by atoms with Crippen molar-refractivity contribution in [1.82, 2.24) is 0 Å². The van der Waals surface area contributed by atoms with Gasteiger partial charge in [-0.05, 0) is 115 Å². The molecule has 1 aliphatic heterocycles. The van der Waals surface area contributed by atoms with Crippen LogP contribution >= 0.6 is 0 Å². The van der Waals surface area contributed by atoms with Crippen LogP contribution in [-0.2, 0) is 15.9 Å². The average Bonchev–Trinajstić information content (AvgIpc) is 3.57. The van der Waals surface area contributed by atoms with E-state index in [9.17, 15) is 9.50 Å². The maximum atomic E-state index is 12.4. The molecule has 214 valence electrons. The highest BCUT2D eigenvalue weighted by Crippen LogP contribution is 2.44. The Hall–Kier alpha value is -2.63. The van der Waals surface area contributed by atoms with Gasteiger partial charge in [0.1, 0.15) is 11.5 Å². The summed E-state index contributed by atoms with van der Waals surface area (Å²) in [7, 11) is 0. The van der Waals surface area contributed by atoms with Gasteiger partial charge in [-0.15, -0.1) is 0 Å². The zero-order chi connectivity index (χ0) is 27.4. The molecular formula is C35H43FO4. The van der Waals surface area contributed by atoms with E-state index in [1.165, 1.54) is 46.3 Å². The van der Waals surface area contributed by atoms with Crippen LogP contribution in [-0.4, -0.2) is 36.9 Å². The number of phenols is 1. The van der Waals surface area contributed by atoms with Crippen LogP contribution in [0.4, 0.5) is 4.39 Å². The maximum absolute atomic E-state index is 12.4. The zero-order valence-corrected chi connectivity index (χ0v) is 23.6. The molecule has 4 aliphatic rings. The number of fused-ring (bicyclic) bond motifs is 1. The minimum Gasteiger partial charge on any atom is -0.508 e. The standard InChI is InChI=1S/C35H43FO4/c36-20-3-1-2-5-25-8-12-31(23-25)40-30-13-9-27(10-14-30)34-32(7-4-6-28-24-29(37)11-15-33(28)34)26-16-18-35(19-17-26)38-21-22-39-35/h9-11,13-16,24-25,31,37H,1-8,12,17-23H2/t25?,31-/m0/s1. The third-order valence-corrected chi connectivity index (χ3v) is 9.35. The van der Waals surface area contributed by atoms with Crippen molar-refractivity contribution >= 4 is 5.57 Å². The molecule has 1 saturated heterocycles. The molecule has 6 rings (SSSR count). The van der Waals surface area contributed by atoms with Crippen molar-refractivity contribution in [2.75, 3.05) is 19.9 Å². The summed E-state index contributed by atoms with van der Waals surface area (Å²) in [4.78, 5) is 0. The molecule has 1 saturated carbocycles. The number of aromatic hydroxyl groups is 1. The van der Waals surface area contributed by atoms with E-state index in [-0.39, 0.29) is 12.8 Å². The summed E-state index contributed by atoms with van der Waals surface area (Å²) in [6, 6.07) is 14.5. The number of rotatable bonds is 9. The molecule has 1 heterocycles. The highest BCUT2D eigenvalue weighted by Gasteiger charge is 2.38. The lowest BCUT2D eigenvalue weighted by molar-refractivity contribution is -0.161. The van der Waals surface area contributed by atoms with Gasteiger partial charge >= 0.3 is 0 Å². The van der Waals surface area contributed by atoms with Crippen molar-refractivity contribution in [3.63, 3.8) is 0 Å². The number of hydrogen-bond acceptors (Lipinski definition) is 4. The third-order valence-electron chi connectivity index (χ3n) is 9.35. The molecule has 1 spiro atoms. The molecule has 2 aromatic rings. The Bertz CT molecular complexity index is 1220. The quantitative estimate of drug-likeness (QED) is 0.321. The lowest BCUT2D eigenvalue weighted by Gasteiger charge is -2.32. The number of alkyl halides is 1. The molecule has 2 fully saturated rings. The molecular weight excluding hydrogens is 503 g/mol. The van der Waals surface area contributed by atoms with Crippen LogP contribution in [0.1, 0.15) is 93.7 Å². The number of hydrogen-bond donors (Lipinski definition) is 1. The Balaban J connectivity index is 1.23. The summed E-state index contributed by atoms with van der Waals surface area (Å²) in [5.74, 6) is 1.55. The van der Waals surface area contributed by atoms with Gasteiger partial charge in [0.25, 0.3) is 0 Å². The largest absolute Gasteiger partial charge is 0.508 e. The first-order chi connectivity index (χ1) is 19.6. The smallest absolute Gasteiger partial charge is 0.172 e. The van der Waals surface area contributed by atoms with Gasteiger partial charge in [-0.25, -0.2) is 0 Å². The number of aryl methyl sites for hydroxylation is 1. The van der Waals surface area contributed by atoms with E-state index in [1.54, 1.807) is 0 Å². The molecule has 0 aromatic heterocycles. The van der Waals surface area contributed by atoms with Crippen molar-refractivity contribution in [2.45, 2.75) is 95.4 Å². The van der Waals surface area contributed by atoms with Gasteiger partial charge in [0.2, 0.25) is 0 Å². The van der Waals surface area contributed by atoms with Crippen LogP contribution in [0.3, 0.4) is 0 Å². The second-order valence-corrected chi connectivity index (χ2v) is 12.1. The fraction of sp³-hybridized carbons (Fsp3) is 0.543. The first kappa shape index (κ1) is 27.5. The number of allylic oxidation sites excluding steroid dienone is 2. The van der Waals surface area contributed by atoms with Crippen molar-refractivity contribution in [2.24, 2.45) is 5.92 Å². The molecule has 40 heavy (non-hydrogen) atoms. The maximum Gasteiger partial charge on any atom is 0.172 e. The van der Waals surface area contributed by atoms with Gasteiger partial charge in [-0.3, -0.25) is 4.39 Å². The summed E-state index contributed by atoms with van der Waals surface area (Å²) in [5.41, 5.74) is 7.73. The minimum atomic E-state index is -0.425. The van der Waals surface area contributed by atoms with Crippen LogP contribution in [0.2, 0.25) is 0 Å². The van der Waals surface area contributed by atoms with E-state index in [0.717, 1.165) is 70.0 Å². The van der Waals surface area contributed by atoms with Crippen LogP contribution in [0.5, 0.6) is 11.5 Å². The van der Waals surface area contributed by atoms with Crippen LogP contribution in [0, 0.1) is 5.92 Å². The highest BCUT2D eigenvalue weighted by atomic mass is 19.1. The average molecular weight is 547 g/mol. The van der Waals surface area contributed by atoms with Gasteiger partial charge in [0, 0.05) is 12.8 Å². The predicted molar refractivity (Wildman–Crippen MR) is 156 cm³/mol. The Morgan fingerprint density at radius 3 is 2.58 bits per heavy atom. The molecule has 5 heteroatoms. The molecule has 1 N–H and O–H groups in total. The minimum absolute atomic E-state index is 0.193. The molecule has 4 nitrogen and oxygen atoms in total. The van der Waals surface area contributed by atoms with E-state index in [0.29, 0.717) is 31.3 Å². The van der Waals surface area contributed by atoms with Crippen molar-refractivity contribution in [3.8, 4) is 11.5 Å². The van der Waals surface area contributed by atoms with Crippen LogP contribution in [0.25, 0.3) is 5.57 Å². The summed E-state index contributed by atoms with van der Waals surface area (Å²) in [5, 5.41) is 10.2. The number of ether oxygens (including phenoxy) is 3. The monoisotopic (exact) mass is 546 g/mol. The Labute approximate surface area is 238 Å². The summed E-state index contributed by atoms with van der Waals surface area (Å²) in [6.45, 7) is 1.18. The zero-order valence-electron chi connectivity index (χ0n) is 23.6. The molecule has 2 atom stereocenters. The first-order valence-electron chi connectivity index (χ1n) is 15.5. The van der Waals surface area contributed by atoms with Gasteiger partial charge in [-0.2, -0.15) is 0 Å². The number of unbranched alkanes of at least 4 members (excludes halogenated alkanes) is 2. The second kappa shape index (κ2) is 12.5. The van der Waals surface area contributed by atoms with Crippen LogP contribution in [0.15, 0.2) is 59.7 Å². The molecule has 1 unspecified atom stereocenters. The molecule has 2 aromatic carbocycles. The van der Waals surface area contributed by atoms with E-state index >= 15 is 0 Å². The lowest BCUT2D eigenvalue weighted by atomic mass is 9.82. The summed E-state index contributed by atoms with van der Waals surface area (Å²) in [6.07, 6.45) is 15.7. The first-order valence-corrected chi connectivity index (χ1v) is 15.5. The van der Waals surface area contributed by atoms with Gasteiger partial charge < -0.3 is 19.3 Å². The fourth-order valence-electron chi connectivity index (χ4n) is 7.26. The van der Waals surface area contributed by atoms with E-state index < -0.39 is 5.79 Å². The fourth-order valence-corrected chi connectivity index (χ4v) is 7.26. The summed E-state index contributed by atoms with van der Waals surface area (Å²) >= 11 is 0. The Morgan fingerprint density at radius 1 is 0.950 bits per heavy atom. The van der Waals surface area contributed by atoms with Crippen molar-refractivity contribution in [3.05, 3.63) is 76.4 Å². The molecule has 3 aliphatic carbocycles. The van der Waals surface area contributed by atoms with Crippen molar-refractivity contribution in [1.29, 1.82) is 0 Å². The topological polar surface area (TPSA) is 47.9 Å². The van der Waals surface area contributed by atoms with Crippen LogP contribution < -0.4 is 4.74 Å². The Kier molecular flexibility index (Phi) is 8.59. The predicted octanol–water partition coefficient (Wildman–Crippen LogP) is 8.46. The van der Waals surface area contributed by atoms with Gasteiger partial charge in [0.05, 0.1) is 26.0 Å². The second-order valence-electron chi connectivity index (χ2n) is 12.1. The summed E-state index contributed by atoms with van der Waals surface area (Å²) < 4.78 is 30.8. The molecule has 0 amide bonds. The van der Waals surface area contributed by atoms with E-state index in [2.05, 4.69) is 36.4 Å². The number of phenolic OH excluding ortho intramolecular Hbond substituents is 1. The highest BCUT2D eigenvalue weighted by molar-refractivity contribution is 5.87. The van der Waals surface area contributed by atoms with Crippen molar-refractivity contribution < 1.29 is 23.7 Å². The van der Waals surface area contributed by atoms with E-state index in [4.69, 9.17) is 14.2 Å². The molecule has 0 radical (unpaired) electrons. The number of benzene rings is 2. The molecule has 0 bridgehead atoms. The van der Waals surface area contributed by atoms with Gasteiger partial charge in [0.15, 0.2) is 5.79 Å². The van der Waals surface area contributed by atoms with Gasteiger partial charge in [-0.1, -0.05) is 43.5 Å².